The summed E-state index contributed by atoms with van der Waals surface area (Å²) < 4.78 is 6.94. The highest BCUT2D eigenvalue weighted by Crippen LogP contribution is 2.21. The Bertz CT molecular complexity index is 1260. The summed E-state index contributed by atoms with van der Waals surface area (Å²) in [5, 5.41) is 4.35. The molecule has 164 valence electrons. The highest BCUT2D eigenvalue weighted by molar-refractivity contribution is 7.99. The average molecular weight is 468 g/mol. The van der Waals surface area contributed by atoms with E-state index in [4.69, 9.17) is 16.0 Å². The van der Waals surface area contributed by atoms with E-state index in [1.54, 1.807) is 36.6 Å². The number of furan rings is 1. The molecule has 0 bridgehead atoms. The topological polar surface area (TPSA) is 77.1 Å². The Balaban J connectivity index is 1.43. The summed E-state index contributed by atoms with van der Waals surface area (Å²) >= 11 is 7.31. The predicted molar refractivity (Wildman–Crippen MR) is 127 cm³/mol. The number of nitrogens with one attached hydrogen (secondary N) is 1. The molecule has 4 rings (SSSR count). The molecule has 2 heterocycles. The first kappa shape index (κ1) is 22.2. The van der Waals surface area contributed by atoms with Gasteiger partial charge in [-0.3, -0.25) is 14.2 Å². The van der Waals surface area contributed by atoms with Crippen LogP contribution in [0.2, 0.25) is 5.02 Å². The average Bonchev–Trinajstić information content (AvgIpc) is 3.31. The molecular weight excluding hydrogens is 446 g/mol. The second-order valence-electron chi connectivity index (χ2n) is 7.25. The Kier molecular flexibility index (Phi) is 7.29. The molecule has 4 aromatic rings. The summed E-state index contributed by atoms with van der Waals surface area (Å²) in [6.45, 7) is 0.826. The molecule has 0 saturated carbocycles. The van der Waals surface area contributed by atoms with Gasteiger partial charge in [-0.25, -0.2) is 4.98 Å². The van der Waals surface area contributed by atoms with E-state index >= 15 is 0 Å². The van der Waals surface area contributed by atoms with Gasteiger partial charge in [-0.05, 0) is 48.7 Å². The minimum atomic E-state index is -0.200. The van der Waals surface area contributed by atoms with E-state index in [1.165, 1.54) is 21.9 Å². The smallest absolute Gasteiger partial charge is 0.262 e. The van der Waals surface area contributed by atoms with Crippen molar-refractivity contribution in [2.24, 2.45) is 0 Å². The zero-order chi connectivity index (χ0) is 22.3. The molecule has 0 fully saturated rings. The van der Waals surface area contributed by atoms with E-state index < -0.39 is 0 Å². The number of nitrogens with zero attached hydrogens (tertiary/aromatic N) is 2. The van der Waals surface area contributed by atoms with Gasteiger partial charge in [0.15, 0.2) is 5.16 Å². The first-order chi connectivity index (χ1) is 15.6. The van der Waals surface area contributed by atoms with Crippen LogP contribution in [-0.4, -0.2) is 27.8 Å². The van der Waals surface area contributed by atoms with E-state index in [0.29, 0.717) is 33.4 Å². The maximum absolute atomic E-state index is 13.1. The maximum Gasteiger partial charge on any atom is 0.262 e. The number of aryl methyl sites for hydroxylation is 1. The lowest BCUT2D eigenvalue weighted by molar-refractivity contribution is -0.118. The number of carbonyl (C=O) groups excluding carboxylic acids is 1. The fraction of sp³-hybridized carbons (Fsp3) is 0.208. The lowest BCUT2D eigenvalue weighted by atomic mass is 10.1. The van der Waals surface area contributed by atoms with Crippen molar-refractivity contribution in [3.63, 3.8) is 0 Å². The van der Waals surface area contributed by atoms with Gasteiger partial charge in [-0.15, -0.1) is 0 Å². The molecule has 0 unspecified atom stereocenters. The number of benzene rings is 2. The molecule has 0 saturated heterocycles. The molecule has 1 amide bonds. The Morgan fingerprint density at radius 1 is 1.12 bits per heavy atom. The van der Waals surface area contributed by atoms with Crippen LogP contribution in [0.3, 0.4) is 0 Å². The SMILES string of the molecule is O=C(CSc1nc2cc(Cl)ccc2c(=O)n1Cc1ccco1)NCCCc1ccccc1. The lowest BCUT2D eigenvalue weighted by Gasteiger charge is -2.12. The Hall–Kier alpha value is -3.03. The number of hydrogen-bond donors (Lipinski definition) is 1. The largest absolute Gasteiger partial charge is 0.467 e. The second kappa shape index (κ2) is 10.5. The van der Waals surface area contributed by atoms with Crippen LogP contribution < -0.4 is 10.9 Å². The van der Waals surface area contributed by atoms with Crippen molar-refractivity contribution in [3.8, 4) is 0 Å². The van der Waals surface area contributed by atoms with Crippen molar-refractivity contribution in [1.82, 2.24) is 14.9 Å². The zero-order valence-corrected chi connectivity index (χ0v) is 18.9. The predicted octanol–water partition coefficient (Wildman–Crippen LogP) is 4.53. The molecule has 0 atom stereocenters. The van der Waals surface area contributed by atoms with E-state index in [1.807, 2.05) is 18.2 Å². The fourth-order valence-corrected chi connectivity index (χ4v) is 4.32. The van der Waals surface area contributed by atoms with Crippen molar-refractivity contribution in [2.75, 3.05) is 12.3 Å². The number of rotatable bonds is 9. The van der Waals surface area contributed by atoms with E-state index in [9.17, 15) is 9.59 Å². The third-order valence-electron chi connectivity index (χ3n) is 4.92. The van der Waals surface area contributed by atoms with Crippen LogP contribution >= 0.6 is 23.4 Å². The van der Waals surface area contributed by atoms with Crippen molar-refractivity contribution >= 4 is 40.2 Å². The zero-order valence-electron chi connectivity index (χ0n) is 17.3. The number of thioether (sulfide) groups is 1. The minimum absolute atomic E-state index is 0.104. The van der Waals surface area contributed by atoms with Crippen LogP contribution in [0.1, 0.15) is 17.7 Å². The number of amides is 1. The third-order valence-corrected chi connectivity index (χ3v) is 6.13. The van der Waals surface area contributed by atoms with E-state index in [0.717, 1.165) is 12.8 Å². The Labute approximate surface area is 194 Å². The van der Waals surface area contributed by atoms with Crippen LogP contribution in [0.5, 0.6) is 0 Å². The Morgan fingerprint density at radius 3 is 2.75 bits per heavy atom. The molecule has 0 aliphatic carbocycles. The second-order valence-corrected chi connectivity index (χ2v) is 8.63. The van der Waals surface area contributed by atoms with Crippen LogP contribution in [0.25, 0.3) is 10.9 Å². The van der Waals surface area contributed by atoms with Crippen molar-refractivity contribution in [2.45, 2.75) is 24.5 Å². The van der Waals surface area contributed by atoms with Gasteiger partial charge in [0.05, 0.1) is 29.5 Å². The van der Waals surface area contributed by atoms with E-state index in [2.05, 4.69) is 22.4 Å². The summed E-state index contributed by atoms with van der Waals surface area (Å²) in [6.07, 6.45) is 3.32. The standard InChI is InChI=1S/C24H22ClN3O3S/c25-18-10-11-20-21(14-18)27-24(28(23(20)30)15-19-9-5-13-31-19)32-16-22(29)26-12-4-8-17-6-2-1-3-7-17/h1-3,5-7,9-11,13-14H,4,8,12,15-16H2,(H,26,29). The van der Waals surface area contributed by atoms with Gasteiger partial charge in [0.2, 0.25) is 5.91 Å². The number of aromatic nitrogens is 2. The molecule has 32 heavy (non-hydrogen) atoms. The van der Waals surface area contributed by atoms with Gasteiger partial charge < -0.3 is 9.73 Å². The molecule has 2 aromatic heterocycles. The third kappa shape index (κ3) is 5.60. The number of hydrogen-bond acceptors (Lipinski definition) is 5. The molecule has 0 aliphatic rings. The highest BCUT2D eigenvalue weighted by atomic mass is 35.5. The normalized spacial score (nSPS) is 11.0. The van der Waals surface area contributed by atoms with Crippen LogP contribution in [0, 0.1) is 0 Å². The molecule has 6 nitrogen and oxygen atoms in total. The fourth-order valence-electron chi connectivity index (χ4n) is 3.33. The lowest BCUT2D eigenvalue weighted by Crippen LogP contribution is -2.28. The first-order valence-corrected chi connectivity index (χ1v) is 11.6. The van der Waals surface area contributed by atoms with Crippen molar-refractivity contribution < 1.29 is 9.21 Å². The van der Waals surface area contributed by atoms with Crippen LogP contribution in [0.15, 0.2) is 81.3 Å². The summed E-state index contributed by atoms with van der Waals surface area (Å²) in [5.74, 6) is 0.685. The van der Waals surface area contributed by atoms with Crippen LogP contribution in [0.4, 0.5) is 0 Å². The van der Waals surface area contributed by atoms with Gasteiger partial charge in [-0.1, -0.05) is 53.7 Å². The van der Waals surface area contributed by atoms with Gasteiger partial charge in [-0.2, -0.15) is 0 Å². The van der Waals surface area contributed by atoms with Gasteiger partial charge in [0.1, 0.15) is 5.76 Å². The summed E-state index contributed by atoms with van der Waals surface area (Å²) in [5.41, 5.74) is 1.55. The van der Waals surface area contributed by atoms with Gasteiger partial charge in [0, 0.05) is 11.6 Å². The number of halogens is 1. The van der Waals surface area contributed by atoms with E-state index in [-0.39, 0.29) is 23.8 Å². The number of fused-ring (bicyclic) bond motifs is 1. The quantitative estimate of drug-likeness (QED) is 0.222. The highest BCUT2D eigenvalue weighted by Gasteiger charge is 2.15. The summed E-state index contributed by atoms with van der Waals surface area (Å²) in [6, 6.07) is 18.7. The molecular formula is C24H22ClN3O3S. The molecule has 0 spiro atoms. The minimum Gasteiger partial charge on any atom is -0.467 e. The van der Waals surface area contributed by atoms with Crippen molar-refractivity contribution in [3.05, 3.63) is 93.6 Å². The molecule has 0 aliphatic heterocycles. The summed E-state index contributed by atoms with van der Waals surface area (Å²) in [4.78, 5) is 30.1. The first-order valence-electron chi connectivity index (χ1n) is 10.3. The molecule has 1 N–H and O–H groups in total. The maximum atomic E-state index is 13.1. The van der Waals surface area contributed by atoms with Crippen molar-refractivity contribution in [1.29, 1.82) is 0 Å². The Morgan fingerprint density at radius 2 is 1.97 bits per heavy atom. The van der Waals surface area contributed by atoms with Gasteiger partial charge >= 0.3 is 0 Å². The molecule has 0 radical (unpaired) electrons. The molecule has 2 aromatic carbocycles. The summed E-state index contributed by atoms with van der Waals surface area (Å²) in [7, 11) is 0. The van der Waals surface area contributed by atoms with Gasteiger partial charge in [0.25, 0.3) is 5.56 Å². The monoisotopic (exact) mass is 467 g/mol. The molecule has 8 heteroatoms. The number of carbonyl (C=O) groups is 1. The van der Waals surface area contributed by atoms with Crippen LogP contribution in [-0.2, 0) is 17.8 Å².